The van der Waals surface area contributed by atoms with E-state index >= 15 is 0 Å². The van der Waals surface area contributed by atoms with E-state index in [1.165, 1.54) is 0 Å². The number of para-hydroxylation sites is 1. The summed E-state index contributed by atoms with van der Waals surface area (Å²) in [6.07, 6.45) is -0.0955. The van der Waals surface area contributed by atoms with Crippen LogP contribution >= 0.6 is 11.6 Å². The first-order chi connectivity index (χ1) is 17.2. The van der Waals surface area contributed by atoms with Crippen molar-refractivity contribution >= 4 is 35.2 Å². The zero-order valence-corrected chi connectivity index (χ0v) is 24.1. The van der Waals surface area contributed by atoms with Gasteiger partial charge in [-0.3, -0.25) is 9.59 Å². The van der Waals surface area contributed by atoms with E-state index in [9.17, 15) is 14.4 Å². The topological polar surface area (TPSA) is 87.7 Å². The van der Waals surface area contributed by atoms with E-state index in [4.69, 9.17) is 16.3 Å². The summed E-state index contributed by atoms with van der Waals surface area (Å²) in [5, 5.41) is 6.01. The quantitative estimate of drug-likeness (QED) is 0.409. The Morgan fingerprint density at radius 1 is 1.03 bits per heavy atom. The Morgan fingerprint density at radius 3 is 2.24 bits per heavy atom. The number of nitrogens with zero attached hydrogens (tertiary/aromatic N) is 1. The first-order valence-corrected chi connectivity index (χ1v) is 13.0. The molecule has 3 atom stereocenters. The summed E-state index contributed by atoms with van der Waals surface area (Å²) in [6, 6.07) is 9.02. The normalized spacial score (nSPS) is 13.8. The number of anilines is 1. The number of hydrogen-bond donors (Lipinski definition) is 2. The molecule has 3 unspecified atom stereocenters. The Balaban J connectivity index is 2.57. The number of alkyl carbamates (subject to hydrolysis) is 1. The van der Waals surface area contributed by atoms with Crippen LogP contribution in [0, 0.1) is 20.8 Å². The third-order valence-electron chi connectivity index (χ3n) is 6.15. The Hall–Kier alpha value is -3.06. The number of hydrogen-bond acceptors (Lipinski definition) is 4. The van der Waals surface area contributed by atoms with Crippen LogP contribution in [0.15, 0.2) is 36.4 Å². The molecule has 0 aliphatic heterocycles. The summed E-state index contributed by atoms with van der Waals surface area (Å²) in [6.45, 7) is 16.4. The molecular weight excluding hydrogens is 490 g/mol. The summed E-state index contributed by atoms with van der Waals surface area (Å²) in [7, 11) is 0. The number of halogens is 1. The third-order valence-corrected chi connectivity index (χ3v) is 6.46. The first kappa shape index (κ1) is 30.2. The zero-order valence-electron chi connectivity index (χ0n) is 23.4. The summed E-state index contributed by atoms with van der Waals surface area (Å²) in [4.78, 5) is 41.9. The van der Waals surface area contributed by atoms with Crippen LogP contribution in [-0.4, -0.2) is 40.5 Å². The zero-order chi connectivity index (χ0) is 28.1. The monoisotopic (exact) mass is 529 g/mol. The molecule has 0 bridgehead atoms. The van der Waals surface area contributed by atoms with Crippen LogP contribution in [0.5, 0.6) is 0 Å². The van der Waals surface area contributed by atoms with Gasteiger partial charge in [0.1, 0.15) is 17.7 Å². The molecule has 0 aromatic heterocycles. The molecule has 2 aromatic carbocycles. The molecule has 0 aliphatic carbocycles. The molecule has 2 aromatic rings. The summed E-state index contributed by atoms with van der Waals surface area (Å²) >= 11 is 6.42. The van der Waals surface area contributed by atoms with Crippen molar-refractivity contribution in [2.45, 2.75) is 92.5 Å². The number of amides is 3. The SMILES string of the molecule is CCC(C)N(C(=O)C(C)NC(=O)OC(C)(C)C)C(C(=O)Nc1c(C)cccc1Cl)c1cc(C)ccc1C. The van der Waals surface area contributed by atoms with Crippen molar-refractivity contribution in [2.24, 2.45) is 0 Å². The predicted molar refractivity (Wildman–Crippen MR) is 149 cm³/mol. The van der Waals surface area contributed by atoms with Crippen LogP contribution in [0.4, 0.5) is 10.5 Å². The number of benzene rings is 2. The molecule has 0 saturated heterocycles. The van der Waals surface area contributed by atoms with Crippen LogP contribution < -0.4 is 10.6 Å². The molecule has 0 saturated carbocycles. The van der Waals surface area contributed by atoms with E-state index in [-0.39, 0.29) is 11.9 Å². The fourth-order valence-electron chi connectivity index (χ4n) is 4.02. The van der Waals surface area contributed by atoms with Crippen molar-refractivity contribution in [3.63, 3.8) is 0 Å². The average Bonchev–Trinajstić information content (AvgIpc) is 2.79. The summed E-state index contributed by atoms with van der Waals surface area (Å²) in [5.74, 6) is -0.778. The van der Waals surface area contributed by atoms with Crippen LogP contribution in [0.25, 0.3) is 0 Å². The van der Waals surface area contributed by atoms with Crippen LogP contribution in [0.3, 0.4) is 0 Å². The molecule has 3 amide bonds. The Bertz CT molecular complexity index is 1120. The molecule has 0 radical (unpaired) electrons. The lowest BCUT2D eigenvalue weighted by Gasteiger charge is -2.38. The minimum absolute atomic E-state index is 0.307. The predicted octanol–water partition coefficient (Wildman–Crippen LogP) is 6.49. The van der Waals surface area contributed by atoms with Crippen molar-refractivity contribution < 1.29 is 19.1 Å². The number of carbonyl (C=O) groups excluding carboxylic acids is 3. The van der Waals surface area contributed by atoms with Gasteiger partial charge in [0.15, 0.2) is 0 Å². The standard InChI is InChI=1S/C29H40ClN3O4/c1-10-20(5)33(27(35)21(6)31-28(36)37-29(7,8)9)25(22-16-17(2)14-15-18(22)3)26(34)32-24-19(4)12-11-13-23(24)30/h11-16,20-21,25H,10H2,1-9H3,(H,31,36)(H,32,34). The van der Waals surface area contributed by atoms with Gasteiger partial charge in [-0.25, -0.2) is 4.79 Å². The van der Waals surface area contributed by atoms with E-state index in [2.05, 4.69) is 10.6 Å². The smallest absolute Gasteiger partial charge is 0.408 e. The van der Waals surface area contributed by atoms with Crippen molar-refractivity contribution in [3.05, 3.63) is 63.7 Å². The Labute approximate surface area is 225 Å². The highest BCUT2D eigenvalue weighted by atomic mass is 35.5. The van der Waals surface area contributed by atoms with Gasteiger partial charge in [-0.1, -0.05) is 54.4 Å². The van der Waals surface area contributed by atoms with Gasteiger partial charge in [0.2, 0.25) is 5.91 Å². The summed E-state index contributed by atoms with van der Waals surface area (Å²) in [5.41, 5.74) is 3.14. The van der Waals surface area contributed by atoms with Gasteiger partial charge in [0.25, 0.3) is 5.91 Å². The highest BCUT2D eigenvalue weighted by Gasteiger charge is 2.38. The number of aryl methyl sites for hydroxylation is 3. The second-order valence-corrected chi connectivity index (χ2v) is 11.0. The molecule has 7 nitrogen and oxygen atoms in total. The molecule has 2 N–H and O–H groups in total. The lowest BCUT2D eigenvalue weighted by atomic mass is 9.94. The van der Waals surface area contributed by atoms with Crippen molar-refractivity contribution in [3.8, 4) is 0 Å². The fraction of sp³-hybridized carbons (Fsp3) is 0.483. The first-order valence-electron chi connectivity index (χ1n) is 12.6. The number of rotatable bonds is 8. The minimum Gasteiger partial charge on any atom is -0.444 e. The maximum atomic E-state index is 14.0. The van der Waals surface area contributed by atoms with Crippen LogP contribution in [0.1, 0.15) is 76.3 Å². The van der Waals surface area contributed by atoms with E-state index in [0.717, 1.165) is 16.7 Å². The summed E-state index contributed by atoms with van der Waals surface area (Å²) < 4.78 is 5.34. The Kier molecular flexibility index (Phi) is 10.2. The van der Waals surface area contributed by atoms with E-state index in [1.54, 1.807) is 38.7 Å². The molecule has 37 heavy (non-hydrogen) atoms. The van der Waals surface area contributed by atoms with E-state index in [0.29, 0.717) is 22.7 Å². The molecule has 202 valence electrons. The molecular formula is C29H40ClN3O4. The van der Waals surface area contributed by atoms with Crippen molar-refractivity contribution in [2.75, 3.05) is 5.32 Å². The van der Waals surface area contributed by atoms with Gasteiger partial charge >= 0.3 is 6.09 Å². The lowest BCUT2D eigenvalue weighted by molar-refractivity contribution is -0.143. The van der Waals surface area contributed by atoms with Crippen molar-refractivity contribution in [1.82, 2.24) is 10.2 Å². The van der Waals surface area contributed by atoms with Crippen LogP contribution in [-0.2, 0) is 14.3 Å². The number of ether oxygens (including phenoxy) is 1. The second-order valence-electron chi connectivity index (χ2n) is 10.6. The van der Waals surface area contributed by atoms with E-state index in [1.807, 2.05) is 65.0 Å². The van der Waals surface area contributed by atoms with Crippen LogP contribution in [0.2, 0.25) is 5.02 Å². The van der Waals surface area contributed by atoms with Gasteiger partial charge in [-0.15, -0.1) is 0 Å². The number of carbonyl (C=O) groups is 3. The lowest BCUT2D eigenvalue weighted by Crippen LogP contribution is -2.54. The van der Waals surface area contributed by atoms with E-state index < -0.39 is 29.7 Å². The average molecular weight is 530 g/mol. The second kappa shape index (κ2) is 12.5. The highest BCUT2D eigenvalue weighted by molar-refractivity contribution is 6.34. The molecule has 0 aliphatic rings. The maximum absolute atomic E-state index is 14.0. The van der Waals surface area contributed by atoms with Gasteiger partial charge in [-0.05, 0) is 84.6 Å². The largest absolute Gasteiger partial charge is 0.444 e. The minimum atomic E-state index is -0.957. The fourth-order valence-corrected chi connectivity index (χ4v) is 4.29. The van der Waals surface area contributed by atoms with Gasteiger partial charge in [-0.2, -0.15) is 0 Å². The van der Waals surface area contributed by atoms with Gasteiger partial charge in [0, 0.05) is 6.04 Å². The molecule has 0 fully saturated rings. The third kappa shape index (κ3) is 7.96. The van der Waals surface area contributed by atoms with Gasteiger partial charge in [0.05, 0.1) is 10.7 Å². The molecule has 8 heteroatoms. The van der Waals surface area contributed by atoms with Crippen molar-refractivity contribution in [1.29, 1.82) is 0 Å². The Morgan fingerprint density at radius 2 is 1.68 bits per heavy atom. The highest BCUT2D eigenvalue weighted by Crippen LogP contribution is 2.32. The van der Waals surface area contributed by atoms with Gasteiger partial charge < -0.3 is 20.3 Å². The number of nitrogens with one attached hydrogen (secondary N) is 2. The molecule has 2 rings (SSSR count). The molecule has 0 heterocycles. The molecule has 0 spiro atoms. The maximum Gasteiger partial charge on any atom is 0.408 e.